The molecule has 1 aromatic rings. The lowest BCUT2D eigenvalue weighted by Gasteiger charge is -2.11. The summed E-state index contributed by atoms with van der Waals surface area (Å²) in [5.41, 5.74) is 0.675. The minimum atomic E-state index is -0.357. The molecule has 0 aromatic heterocycles. The van der Waals surface area contributed by atoms with Crippen LogP contribution in [0.1, 0.15) is 30.1 Å². The summed E-state index contributed by atoms with van der Waals surface area (Å²) in [6, 6.07) is 7.14. The Balaban J connectivity index is 1.91. The van der Waals surface area contributed by atoms with Crippen molar-refractivity contribution in [3.05, 3.63) is 29.8 Å². The predicted molar refractivity (Wildman–Crippen MR) is 65.5 cm³/mol. The van der Waals surface area contributed by atoms with Crippen LogP contribution in [0.4, 0.5) is 0 Å². The molecule has 1 atom stereocenters. The standard InChI is InChI=1S/C14H18O3/c1-10(17-9-11-3-4-11)14(15)12-5-7-13(16-2)8-6-12/h5-8,10-11H,3-4,9H2,1-2H3. The summed E-state index contributed by atoms with van der Waals surface area (Å²) < 4.78 is 10.6. The molecule has 0 N–H and O–H groups in total. The lowest BCUT2D eigenvalue weighted by molar-refractivity contribution is 0.0441. The second kappa shape index (κ2) is 5.32. The molecule has 1 aromatic carbocycles. The minimum absolute atomic E-state index is 0.0355. The molecule has 3 nitrogen and oxygen atoms in total. The van der Waals surface area contributed by atoms with E-state index < -0.39 is 0 Å². The third kappa shape index (κ3) is 3.30. The predicted octanol–water partition coefficient (Wildman–Crippen LogP) is 2.69. The molecule has 1 aliphatic rings. The molecule has 92 valence electrons. The summed E-state index contributed by atoms with van der Waals surface area (Å²) in [6.45, 7) is 2.53. The van der Waals surface area contributed by atoms with Gasteiger partial charge in [-0.25, -0.2) is 0 Å². The molecule has 1 aliphatic carbocycles. The third-order valence-electron chi connectivity index (χ3n) is 3.02. The van der Waals surface area contributed by atoms with Crippen molar-refractivity contribution < 1.29 is 14.3 Å². The molecule has 3 heteroatoms. The fourth-order valence-corrected chi connectivity index (χ4v) is 1.63. The second-order valence-corrected chi connectivity index (χ2v) is 4.51. The molecule has 1 fully saturated rings. The molecule has 0 radical (unpaired) electrons. The van der Waals surface area contributed by atoms with Crippen molar-refractivity contribution >= 4 is 5.78 Å². The molecule has 1 saturated carbocycles. The smallest absolute Gasteiger partial charge is 0.191 e. The van der Waals surface area contributed by atoms with E-state index in [-0.39, 0.29) is 11.9 Å². The fourth-order valence-electron chi connectivity index (χ4n) is 1.63. The Morgan fingerprint density at radius 1 is 1.35 bits per heavy atom. The molecule has 0 bridgehead atoms. The zero-order valence-electron chi connectivity index (χ0n) is 10.3. The van der Waals surface area contributed by atoms with E-state index >= 15 is 0 Å². The molecular weight excluding hydrogens is 216 g/mol. The zero-order valence-corrected chi connectivity index (χ0v) is 10.3. The van der Waals surface area contributed by atoms with Gasteiger partial charge in [0.15, 0.2) is 5.78 Å². The maximum absolute atomic E-state index is 12.0. The number of carbonyl (C=O) groups excluding carboxylic acids is 1. The minimum Gasteiger partial charge on any atom is -0.497 e. The van der Waals surface area contributed by atoms with Crippen molar-refractivity contribution in [2.75, 3.05) is 13.7 Å². The number of hydrogen-bond donors (Lipinski definition) is 0. The summed E-state index contributed by atoms with van der Waals surface area (Å²) in [5, 5.41) is 0. The molecule has 17 heavy (non-hydrogen) atoms. The van der Waals surface area contributed by atoms with E-state index in [2.05, 4.69) is 0 Å². The number of carbonyl (C=O) groups is 1. The molecule has 2 rings (SSSR count). The quantitative estimate of drug-likeness (QED) is 0.710. The summed E-state index contributed by atoms with van der Waals surface area (Å²) in [7, 11) is 1.61. The van der Waals surface area contributed by atoms with Gasteiger partial charge in [0.1, 0.15) is 11.9 Å². The van der Waals surface area contributed by atoms with Crippen LogP contribution in [-0.2, 0) is 4.74 Å². The highest BCUT2D eigenvalue weighted by atomic mass is 16.5. The number of Topliss-reactive ketones (excluding diaryl/α,β-unsaturated/α-hetero) is 1. The van der Waals surface area contributed by atoms with Gasteiger partial charge in [0.05, 0.1) is 13.7 Å². The second-order valence-electron chi connectivity index (χ2n) is 4.51. The fraction of sp³-hybridized carbons (Fsp3) is 0.500. The van der Waals surface area contributed by atoms with Crippen LogP contribution < -0.4 is 4.74 Å². The van der Waals surface area contributed by atoms with E-state index in [0.717, 1.165) is 5.75 Å². The lowest BCUT2D eigenvalue weighted by atomic mass is 10.1. The SMILES string of the molecule is COc1ccc(C(=O)C(C)OCC2CC2)cc1. The van der Waals surface area contributed by atoms with Crippen molar-refractivity contribution in [1.82, 2.24) is 0 Å². The Morgan fingerprint density at radius 3 is 2.53 bits per heavy atom. The highest BCUT2D eigenvalue weighted by molar-refractivity contribution is 5.99. The molecule has 0 aliphatic heterocycles. The van der Waals surface area contributed by atoms with E-state index in [4.69, 9.17) is 9.47 Å². The number of benzene rings is 1. The van der Waals surface area contributed by atoms with Gasteiger partial charge in [-0.05, 0) is 49.9 Å². The normalized spacial score (nSPS) is 16.6. The van der Waals surface area contributed by atoms with Crippen molar-refractivity contribution in [3.8, 4) is 5.75 Å². The average molecular weight is 234 g/mol. The van der Waals surface area contributed by atoms with Gasteiger partial charge in [-0.2, -0.15) is 0 Å². The van der Waals surface area contributed by atoms with E-state index in [1.807, 2.05) is 6.92 Å². The highest BCUT2D eigenvalue weighted by Gasteiger charge is 2.24. The highest BCUT2D eigenvalue weighted by Crippen LogP contribution is 2.29. The molecule has 0 spiro atoms. The first kappa shape index (κ1) is 12.1. The van der Waals surface area contributed by atoms with Crippen molar-refractivity contribution in [2.24, 2.45) is 5.92 Å². The lowest BCUT2D eigenvalue weighted by Crippen LogP contribution is -2.21. The van der Waals surface area contributed by atoms with Gasteiger partial charge in [-0.3, -0.25) is 4.79 Å². The Hall–Kier alpha value is -1.35. The average Bonchev–Trinajstić information content (AvgIpc) is 3.19. The Kier molecular flexibility index (Phi) is 3.79. The number of ketones is 1. The van der Waals surface area contributed by atoms with Crippen LogP contribution in [0.3, 0.4) is 0 Å². The maximum Gasteiger partial charge on any atom is 0.191 e. The van der Waals surface area contributed by atoms with E-state index in [0.29, 0.717) is 18.1 Å². The summed E-state index contributed by atoms with van der Waals surface area (Å²) in [6.07, 6.45) is 2.12. The number of ether oxygens (including phenoxy) is 2. The molecule has 1 unspecified atom stereocenters. The van der Waals surface area contributed by atoms with Gasteiger partial charge in [0, 0.05) is 5.56 Å². The van der Waals surface area contributed by atoms with E-state index in [1.165, 1.54) is 12.8 Å². The monoisotopic (exact) mass is 234 g/mol. The third-order valence-corrected chi connectivity index (χ3v) is 3.02. The largest absolute Gasteiger partial charge is 0.497 e. The first-order chi connectivity index (χ1) is 8.20. The first-order valence-corrected chi connectivity index (χ1v) is 6.00. The molecule has 0 amide bonds. The number of hydrogen-bond acceptors (Lipinski definition) is 3. The maximum atomic E-state index is 12.0. The first-order valence-electron chi connectivity index (χ1n) is 6.00. The van der Waals surface area contributed by atoms with Crippen molar-refractivity contribution in [1.29, 1.82) is 0 Å². The molecule has 0 saturated heterocycles. The molecule has 0 heterocycles. The van der Waals surface area contributed by atoms with E-state index in [9.17, 15) is 4.79 Å². The summed E-state index contributed by atoms with van der Waals surface area (Å²) in [4.78, 5) is 12.0. The van der Waals surface area contributed by atoms with Gasteiger partial charge in [-0.15, -0.1) is 0 Å². The van der Waals surface area contributed by atoms with Crippen LogP contribution in [0, 0.1) is 5.92 Å². The van der Waals surface area contributed by atoms with Crippen molar-refractivity contribution in [3.63, 3.8) is 0 Å². The summed E-state index contributed by atoms with van der Waals surface area (Å²) >= 11 is 0. The van der Waals surface area contributed by atoms with Crippen LogP contribution in [0.15, 0.2) is 24.3 Å². The van der Waals surface area contributed by atoms with Crippen LogP contribution in [0.25, 0.3) is 0 Å². The van der Waals surface area contributed by atoms with Gasteiger partial charge in [0.25, 0.3) is 0 Å². The molecular formula is C14H18O3. The topological polar surface area (TPSA) is 35.5 Å². The van der Waals surface area contributed by atoms with Crippen molar-refractivity contribution in [2.45, 2.75) is 25.9 Å². The van der Waals surface area contributed by atoms with E-state index in [1.54, 1.807) is 31.4 Å². The Labute approximate surface area is 102 Å². The Bertz CT molecular complexity index is 379. The van der Waals surface area contributed by atoms with Crippen LogP contribution >= 0.6 is 0 Å². The van der Waals surface area contributed by atoms with Crippen LogP contribution in [0.5, 0.6) is 5.75 Å². The van der Waals surface area contributed by atoms with Crippen LogP contribution in [0.2, 0.25) is 0 Å². The van der Waals surface area contributed by atoms with Gasteiger partial charge >= 0.3 is 0 Å². The van der Waals surface area contributed by atoms with Gasteiger partial charge in [-0.1, -0.05) is 0 Å². The zero-order chi connectivity index (χ0) is 12.3. The Morgan fingerprint density at radius 2 is 2.00 bits per heavy atom. The van der Waals surface area contributed by atoms with Gasteiger partial charge < -0.3 is 9.47 Å². The van der Waals surface area contributed by atoms with Crippen LogP contribution in [-0.4, -0.2) is 25.6 Å². The number of methoxy groups -OCH3 is 1. The van der Waals surface area contributed by atoms with Gasteiger partial charge in [0.2, 0.25) is 0 Å². The number of rotatable bonds is 6. The summed E-state index contributed by atoms with van der Waals surface area (Å²) in [5.74, 6) is 1.47.